The maximum Gasteiger partial charge on any atom is 0.262 e. The number of benzene rings is 1. The van der Waals surface area contributed by atoms with Crippen molar-refractivity contribution in [1.29, 1.82) is 0 Å². The van der Waals surface area contributed by atoms with E-state index in [0.717, 1.165) is 12.8 Å². The van der Waals surface area contributed by atoms with Gasteiger partial charge in [-0.2, -0.15) is 0 Å². The molecule has 0 saturated carbocycles. The zero-order chi connectivity index (χ0) is 19.7. The fourth-order valence-corrected chi connectivity index (χ4v) is 2.85. The van der Waals surface area contributed by atoms with E-state index in [-0.39, 0.29) is 23.0 Å². The van der Waals surface area contributed by atoms with Gasteiger partial charge >= 0.3 is 0 Å². The van der Waals surface area contributed by atoms with E-state index >= 15 is 0 Å². The summed E-state index contributed by atoms with van der Waals surface area (Å²) in [5, 5.41) is 2.98. The maximum absolute atomic E-state index is 12.8. The molecule has 0 aliphatic carbocycles. The number of ether oxygens (including phenoxy) is 2. The molecule has 4 rings (SSSR count). The second-order valence-electron chi connectivity index (χ2n) is 6.28. The topological polar surface area (TPSA) is 134 Å². The molecule has 10 nitrogen and oxygen atoms in total. The van der Waals surface area contributed by atoms with E-state index < -0.39 is 5.91 Å². The number of nitrogens with zero attached hydrogens (tertiary/aromatic N) is 4. The predicted octanol–water partition coefficient (Wildman–Crippen LogP) is 1.11. The minimum atomic E-state index is -0.516. The number of anilines is 2. The Morgan fingerprint density at radius 2 is 1.89 bits per heavy atom. The highest BCUT2D eigenvalue weighted by molar-refractivity contribution is 6.03. The molecule has 0 saturated heterocycles. The lowest BCUT2D eigenvalue weighted by molar-refractivity contribution is 0.102. The van der Waals surface area contributed by atoms with E-state index in [0.29, 0.717) is 35.6 Å². The molecule has 28 heavy (non-hydrogen) atoms. The van der Waals surface area contributed by atoms with Crippen LogP contribution in [0, 0.1) is 0 Å². The summed E-state index contributed by atoms with van der Waals surface area (Å²) in [4.78, 5) is 37.3. The van der Waals surface area contributed by atoms with Crippen LogP contribution in [-0.2, 0) is 7.05 Å². The van der Waals surface area contributed by atoms with E-state index in [1.807, 2.05) is 0 Å². The number of amides is 1. The summed E-state index contributed by atoms with van der Waals surface area (Å²) in [6.07, 6.45) is 4.31. The number of nitrogens with two attached hydrogens (primary N) is 1. The van der Waals surface area contributed by atoms with E-state index in [2.05, 4.69) is 20.3 Å². The monoisotopic (exact) mass is 382 g/mol. The maximum atomic E-state index is 12.8. The number of hydrogen-bond donors (Lipinski definition) is 2. The Morgan fingerprint density at radius 3 is 2.64 bits per heavy atom. The second kappa shape index (κ2) is 7.14. The van der Waals surface area contributed by atoms with Gasteiger partial charge in [-0.25, -0.2) is 15.0 Å². The minimum Gasteiger partial charge on any atom is -0.490 e. The standard InChI is InChI=1S/C18H18N6O4/c1-24-16(26)11-4-5-12-14(28-7-3-2-6-27-12)13(11)22-18(24)23-15(25)10-8-20-17(19)21-9-10/h4-5,8-9H,2-3,6-7H2,1H3,(H2,19,20,21)(H,22,23,25). The Labute approximate surface area is 159 Å². The molecule has 1 aromatic carbocycles. The van der Waals surface area contributed by atoms with Crippen molar-refractivity contribution in [2.75, 3.05) is 24.3 Å². The molecule has 0 bridgehead atoms. The lowest BCUT2D eigenvalue weighted by Gasteiger charge is -2.18. The molecule has 0 unspecified atom stereocenters. The van der Waals surface area contributed by atoms with E-state index in [1.54, 1.807) is 12.1 Å². The van der Waals surface area contributed by atoms with E-state index in [1.165, 1.54) is 24.0 Å². The van der Waals surface area contributed by atoms with Crippen molar-refractivity contribution < 1.29 is 14.3 Å². The first-order valence-corrected chi connectivity index (χ1v) is 8.73. The number of nitrogens with one attached hydrogen (secondary N) is 1. The molecule has 3 aromatic rings. The fourth-order valence-electron chi connectivity index (χ4n) is 2.85. The van der Waals surface area contributed by atoms with Gasteiger partial charge in [0.25, 0.3) is 11.5 Å². The summed E-state index contributed by atoms with van der Waals surface area (Å²) in [6, 6.07) is 3.35. The Kier molecular flexibility index (Phi) is 4.52. The average molecular weight is 382 g/mol. The van der Waals surface area contributed by atoms with Crippen molar-refractivity contribution in [3.05, 3.63) is 40.4 Å². The highest BCUT2D eigenvalue weighted by Gasteiger charge is 2.19. The molecule has 0 atom stereocenters. The molecule has 1 aliphatic heterocycles. The van der Waals surface area contributed by atoms with Gasteiger partial charge in [-0.05, 0) is 25.0 Å². The molecule has 144 valence electrons. The highest BCUT2D eigenvalue weighted by atomic mass is 16.5. The van der Waals surface area contributed by atoms with Crippen LogP contribution in [-0.4, -0.2) is 38.6 Å². The summed E-state index contributed by atoms with van der Waals surface area (Å²) in [5.41, 5.74) is 5.65. The molecule has 10 heteroatoms. The number of rotatable bonds is 2. The van der Waals surface area contributed by atoms with Crippen LogP contribution in [0.15, 0.2) is 29.3 Å². The normalized spacial score (nSPS) is 13.6. The van der Waals surface area contributed by atoms with Gasteiger partial charge in [0.05, 0.1) is 24.2 Å². The third-order valence-corrected chi connectivity index (χ3v) is 4.37. The first-order valence-electron chi connectivity index (χ1n) is 8.73. The average Bonchev–Trinajstić information content (AvgIpc) is 2.66. The van der Waals surface area contributed by atoms with Gasteiger partial charge in [0.2, 0.25) is 11.9 Å². The fraction of sp³-hybridized carbons (Fsp3) is 0.278. The zero-order valence-electron chi connectivity index (χ0n) is 15.1. The predicted molar refractivity (Wildman–Crippen MR) is 102 cm³/mol. The van der Waals surface area contributed by atoms with Gasteiger partial charge in [-0.1, -0.05) is 0 Å². The zero-order valence-corrected chi connectivity index (χ0v) is 15.1. The molecule has 0 radical (unpaired) electrons. The third-order valence-electron chi connectivity index (χ3n) is 4.37. The lowest BCUT2D eigenvalue weighted by atomic mass is 10.2. The molecule has 3 N–H and O–H groups in total. The van der Waals surface area contributed by atoms with Gasteiger partial charge in [0.15, 0.2) is 11.5 Å². The first-order chi connectivity index (χ1) is 13.5. The van der Waals surface area contributed by atoms with Crippen LogP contribution in [0.1, 0.15) is 23.2 Å². The van der Waals surface area contributed by atoms with Gasteiger partial charge in [-0.3, -0.25) is 19.5 Å². The number of aromatic nitrogens is 4. The van der Waals surface area contributed by atoms with Gasteiger partial charge < -0.3 is 15.2 Å². The first kappa shape index (κ1) is 17.7. The van der Waals surface area contributed by atoms with Crippen LogP contribution in [0.2, 0.25) is 0 Å². The van der Waals surface area contributed by atoms with Crippen molar-refractivity contribution in [3.63, 3.8) is 0 Å². The van der Waals surface area contributed by atoms with Crippen LogP contribution in [0.5, 0.6) is 11.5 Å². The van der Waals surface area contributed by atoms with Gasteiger partial charge in [-0.15, -0.1) is 0 Å². The van der Waals surface area contributed by atoms with Gasteiger partial charge in [0.1, 0.15) is 5.52 Å². The largest absolute Gasteiger partial charge is 0.490 e. The number of carbonyl (C=O) groups is 1. The number of carbonyl (C=O) groups excluding carboxylic acids is 1. The lowest BCUT2D eigenvalue weighted by Crippen LogP contribution is -2.25. The Bertz CT molecular complexity index is 1110. The van der Waals surface area contributed by atoms with Crippen molar-refractivity contribution in [2.24, 2.45) is 7.05 Å². The molecular weight excluding hydrogens is 364 g/mol. The van der Waals surface area contributed by atoms with Crippen LogP contribution in [0.25, 0.3) is 10.9 Å². The Balaban J connectivity index is 1.79. The number of fused-ring (bicyclic) bond motifs is 3. The van der Waals surface area contributed by atoms with Crippen molar-refractivity contribution in [3.8, 4) is 11.5 Å². The Morgan fingerprint density at radius 1 is 1.18 bits per heavy atom. The molecular formula is C18H18N6O4. The van der Waals surface area contributed by atoms with E-state index in [9.17, 15) is 9.59 Å². The molecule has 1 aliphatic rings. The Hall–Kier alpha value is -3.69. The smallest absolute Gasteiger partial charge is 0.262 e. The number of nitrogen functional groups attached to an aromatic ring is 1. The molecule has 2 aromatic heterocycles. The SMILES string of the molecule is Cn1c(NC(=O)c2cnc(N)nc2)nc2c3c(ccc2c1=O)OCCCCO3. The van der Waals surface area contributed by atoms with Crippen molar-refractivity contribution in [2.45, 2.75) is 12.8 Å². The van der Waals surface area contributed by atoms with E-state index in [4.69, 9.17) is 15.2 Å². The van der Waals surface area contributed by atoms with Gasteiger partial charge in [0, 0.05) is 19.4 Å². The molecule has 1 amide bonds. The molecule has 0 spiro atoms. The summed E-state index contributed by atoms with van der Waals surface area (Å²) in [6.45, 7) is 1.06. The minimum absolute atomic E-state index is 0.0588. The summed E-state index contributed by atoms with van der Waals surface area (Å²) < 4.78 is 12.8. The van der Waals surface area contributed by atoms with Crippen LogP contribution >= 0.6 is 0 Å². The molecule has 0 fully saturated rings. The van der Waals surface area contributed by atoms with Crippen LogP contribution in [0.4, 0.5) is 11.9 Å². The quantitative estimate of drug-likeness (QED) is 0.673. The second-order valence-corrected chi connectivity index (χ2v) is 6.28. The van der Waals surface area contributed by atoms with Crippen LogP contribution < -0.4 is 26.1 Å². The molecule has 3 heterocycles. The highest BCUT2D eigenvalue weighted by Crippen LogP contribution is 2.35. The van der Waals surface area contributed by atoms with Crippen molar-refractivity contribution >= 4 is 28.7 Å². The third kappa shape index (κ3) is 3.20. The summed E-state index contributed by atoms with van der Waals surface area (Å²) >= 11 is 0. The summed E-state index contributed by atoms with van der Waals surface area (Å²) in [7, 11) is 1.53. The number of hydrogen-bond acceptors (Lipinski definition) is 8. The van der Waals surface area contributed by atoms with Crippen molar-refractivity contribution in [1.82, 2.24) is 19.5 Å². The van der Waals surface area contributed by atoms with Crippen LogP contribution in [0.3, 0.4) is 0 Å². The summed E-state index contributed by atoms with van der Waals surface area (Å²) in [5.74, 6) is 0.540.